The van der Waals surface area contributed by atoms with Crippen LogP contribution in [0.4, 0.5) is 13.2 Å². The Balaban J connectivity index is 1.38. The van der Waals surface area contributed by atoms with Crippen molar-refractivity contribution in [2.75, 3.05) is 0 Å². The van der Waals surface area contributed by atoms with Crippen molar-refractivity contribution in [3.05, 3.63) is 105 Å². The lowest BCUT2D eigenvalue weighted by Crippen LogP contribution is -2.58. The largest absolute Gasteiger partial charge is 0.416 e. The van der Waals surface area contributed by atoms with Gasteiger partial charge in [0.25, 0.3) is 0 Å². The summed E-state index contributed by atoms with van der Waals surface area (Å²) in [4.78, 5) is 12.5. The highest BCUT2D eigenvalue weighted by Crippen LogP contribution is 2.45. The van der Waals surface area contributed by atoms with E-state index in [4.69, 9.17) is 23.2 Å². The Hall–Kier alpha value is -2.54. The standard InChI is InChI=1S/C30H29Cl2F3N2O/c31-23-9-4-19(5-10-23)29(20-6-11-24(32)12-7-20)21-8-13-26-25(15-21)27(16-28(38)37-26)36-17-18-2-1-3-22(14-18)30(33,34)35/h1-7,9-12,14,21,25-27,29,36H,8,13,15-17H2,(H,37,38). The SMILES string of the molecule is O=C1CC(NCc2cccc(C(F)(F)F)c2)C2CC(C(c3ccc(Cl)cc3)c3ccc(Cl)cc3)CCC2N1. The minimum Gasteiger partial charge on any atom is -0.353 e. The second kappa shape index (κ2) is 11.3. The number of piperidine rings is 1. The van der Waals surface area contributed by atoms with Crippen molar-refractivity contribution in [3.8, 4) is 0 Å². The predicted molar refractivity (Wildman–Crippen MR) is 144 cm³/mol. The van der Waals surface area contributed by atoms with Crippen LogP contribution >= 0.6 is 23.2 Å². The Labute approximate surface area is 230 Å². The molecule has 2 fully saturated rings. The van der Waals surface area contributed by atoms with E-state index in [1.807, 2.05) is 24.3 Å². The van der Waals surface area contributed by atoms with Crippen molar-refractivity contribution in [3.63, 3.8) is 0 Å². The molecule has 3 nitrogen and oxygen atoms in total. The van der Waals surface area contributed by atoms with Crippen molar-refractivity contribution in [1.29, 1.82) is 0 Å². The number of nitrogens with one attached hydrogen (secondary N) is 2. The second-order valence-corrected chi connectivity index (χ2v) is 11.3. The number of hydrogen-bond donors (Lipinski definition) is 2. The lowest BCUT2D eigenvalue weighted by atomic mass is 9.65. The van der Waals surface area contributed by atoms with Crippen molar-refractivity contribution in [1.82, 2.24) is 10.6 Å². The van der Waals surface area contributed by atoms with E-state index >= 15 is 0 Å². The fraction of sp³-hybridized carbons (Fsp3) is 0.367. The van der Waals surface area contributed by atoms with Crippen LogP contribution in [0.1, 0.15) is 53.9 Å². The predicted octanol–water partition coefficient (Wildman–Crippen LogP) is 7.61. The quantitative estimate of drug-likeness (QED) is 0.325. The van der Waals surface area contributed by atoms with E-state index in [1.165, 1.54) is 23.3 Å². The summed E-state index contributed by atoms with van der Waals surface area (Å²) in [6, 6.07) is 21.2. The van der Waals surface area contributed by atoms with Crippen LogP contribution in [0.5, 0.6) is 0 Å². The highest BCUT2D eigenvalue weighted by atomic mass is 35.5. The minimum absolute atomic E-state index is 0.0156. The number of carbonyl (C=O) groups is 1. The number of benzene rings is 3. The molecule has 2 N–H and O–H groups in total. The average molecular weight is 561 g/mol. The van der Waals surface area contributed by atoms with Gasteiger partial charge in [0.05, 0.1) is 5.56 Å². The zero-order valence-corrected chi connectivity index (χ0v) is 22.2. The van der Waals surface area contributed by atoms with Gasteiger partial charge in [-0.1, -0.05) is 65.7 Å². The molecule has 0 radical (unpaired) electrons. The molecule has 5 rings (SSSR count). The van der Waals surface area contributed by atoms with Gasteiger partial charge in [-0.15, -0.1) is 0 Å². The monoisotopic (exact) mass is 560 g/mol. The Morgan fingerprint density at radius 3 is 2.16 bits per heavy atom. The Bertz CT molecular complexity index is 1220. The van der Waals surface area contributed by atoms with Crippen molar-refractivity contribution in [2.45, 2.75) is 56.4 Å². The maximum atomic E-state index is 13.2. The van der Waals surface area contributed by atoms with Crippen molar-refractivity contribution in [2.24, 2.45) is 11.8 Å². The van der Waals surface area contributed by atoms with Gasteiger partial charge < -0.3 is 10.6 Å². The Kier molecular flexibility index (Phi) is 8.03. The summed E-state index contributed by atoms with van der Waals surface area (Å²) in [6.07, 6.45) is -1.42. The summed E-state index contributed by atoms with van der Waals surface area (Å²) in [5, 5.41) is 7.97. The molecule has 1 saturated carbocycles. The van der Waals surface area contributed by atoms with E-state index in [-0.39, 0.29) is 36.4 Å². The lowest BCUT2D eigenvalue weighted by molar-refractivity contribution is -0.137. The molecule has 3 aromatic rings. The number of amides is 1. The third kappa shape index (κ3) is 6.19. The summed E-state index contributed by atoms with van der Waals surface area (Å²) in [6.45, 7) is 0.271. The maximum absolute atomic E-state index is 13.2. The third-order valence-corrected chi connectivity index (χ3v) is 8.47. The van der Waals surface area contributed by atoms with Crippen LogP contribution in [0.3, 0.4) is 0 Å². The van der Waals surface area contributed by atoms with Crippen LogP contribution < -0.4 is 10.6 Å². The van der Waals surface area contributed by atoms with Gasteiger partial charge in [-0.3, -0.25) is 4.79 Å². The van der Waals surface area contributed by atoms with Crippen LogP contribution in [0, 0.1) is 11.8 Å². The molecule has 200 valence electrons. The van der Waals surface area contributed by atoms with Crippen LogP contribution in [-0.2, 0) is 17.5 Å². The third-order valence-electron chi connectivity index (χ3n) is 7.96. The maximum Gasteiger partial charge on any atom is 0.416 e. The molecule has 1 aliphatic carbocycles. The zero-order valence-electron chi connectivity index (χ0n) is 20.6. The molecular formula is C30H29Cl2F3N2O. The number of alkyl halides is 3. The van der Waals surface area contributed by atoms with Gasteiger partial charge in [0.2, 0.25) is 5.91 Å². The molecule has 0 aromatic heterocycles. The normalized spacial score (nSPS) is 23.7. The molecule has 2 aliphatic rings. The highest BCUT2D eigenvalue weighted by Gasteiger charge is 2.43. The first kappa shape index (κ1) is 27.0. The summed E-state index contributed by atoms with van der Waals surface area (Å²) in [5.74, 6) is 0.594. The fourth-order valence-corrected chi connectivity index (χ4v) is 6.44. The average Bonchev–Trinajstić information content (AvgIpc) is 2.89. The molecule has 1 heterocycles. The van der Waals surface area contributed by atoms with Gasteiger partial charge in [-0.25, -0.2) is 0 Å². The number of carbonyl (C=O) groups excluding carboxylic acids is 1. The molecule has 8 heteroatoms. The van der Waals surface area contributed by atoms with Crippen molar-refractivity contribution < 1.29 is 18.0 Å². The van der Waals surface area contributed by atoms with Gasteiger partial charge in [0.15, 0.2) is 0 Å². The smallest absolute Gasteiger partial charge is 0.353 e. The summed E-state index contributed by atoms with van der Waals surface area (Å²) in [7, 11) is 0. The summed E-state index contributed by atoms with van der Waals surface area (Å²) < 4.78 is 39.6. The van der Waals surface area contributed by atoms with Gasteiger partial charge in [0.1, 0.15) is 0 Å². The second-order valence-electron chi connectivity index (χ2n) is 10.4. The molecule has 4 atom stereocenters. The van der Waals surface area contributed by atoms with E-state index < -0.39 is 11.7 Å². The number of rotatable bonds is 6. The molecule has 1 saturated heterocycles. The van der Waals surface area contributed by atoms with Gasteiger partial charge in [0, 0.05) is 41.0 Å². The first-order valence-corrected chi connectivity index (χ1v) is 13.6. The molecule has 1 amide bonds. The molecular weight excluding hydrogens is 532 g/mol. The van der Waals surface area contributed by atoms with E-state index in [9.17, 15) is 18.0 Å². The lowest BCUT2D eigenvalue weighted by Gasteiger charge is -2.46. The first-order valence-electron chi connectivity index (χ1n) is 12.9. The van der Waals surface area contributed by atoms with Crippen LogP contribution in [-0.4, -0.2) is 18.0 Å². The van der Waals surface area contributed by atoms with Gasteiger partial charge in [-0.2, -0.15) is 13.2 Å². The van der Waals surface area contributed by atoms with Gasteiger partial charge >= 0.3 is 6.18 Å². The first-order chi connectivity index (χ1) is 18.2. The number of fused-ring (bicyclic) bond motifs is 1. The summed E-state index contributed by atoms with van der Waals surface area (Å²) >= 11 is 12.4. The molecule has 0 spiro atoms. The van der Waals surface area contributed by atoms with E-state index in [1.54, 1.807) is 6.07 Å². The fourth-order valence-electron chi connectivity index (χ4n) is 6.19. The summed E-state index contributed by atoms with van der Waals surface area (Å²) in [5.41, 5.74) is 2.24. The highest BCUT2D eigenvalue weighted by molar-refractivity contribution is 6.30. The van der Waals surface area contributed by atoms with E-state index in [0.29, 0.717) is 27.9 Å². The molecule has 4 unspecified atom stereocenters. The van der Waals surface area contributed by atoms with Crippen molar-refractivity contribution >= 4 is 29.1 Å². The number of hydrogen-bond acceptors (Lipinski definition) is 2. The molecule has 3 aromatic carbocycles. The van der Waals surface area contributed by atoms with E-state index in [0.717, 1.165) is 25.3 Å². The Morgan fingerprint density at radius 2 is 1.55 bits per heavy atom. The minimum atomic E-state index is -4.39. The topological polar surface area (TPSA) is 41.1 Å². The van der Waals surface area contributed by atoms with Crippen LogP contribution in [0.25, 0.3) is 0 Å². The number of halogens is 5. The molecule has 1 aliphatic heterocycles. The van der Waals surface area contributed by atoms with E-state index in [2.05, 4.69) is 34.9 Å². The van der Waals surface area contributed by atoms with Gasteiger partial charge in [-0.05, 0) is 78.1 Å². The molecule has 38 heavy (non-hydrogen) atoms. The van der Waals surface area contributed by atoms with Crippen LogP contribution in [0.15, 0.2) is 72.8 Å². The molecule has 0 bridgehead atoms. The zero-order chi connectivity index (χ0) is 26.9. The Morgan fingerprint density at radius 1 is 0.921 bits per heavy atom. The van der Waals surface area contributed by atoms with Crippen LogP contribution in [0.2, 0.25) is 10.0 Å².